The molecule has 0 aliphatic rings. The van der Waals surface area contributed by atoms with Crippen molar-refractivity contribution in [2.75, 3.05) is 0 Å². The van der Waals surface area contributed by atoms with Crippen LogP contribution in [0.3, 0.4) is 0 Å². The Bertz CT molecular complexity index is 521. The van der Waals surface area contributed by atoms with E-state index in [0.717, 1.165) is 16.3 Å². The first kappa shape index (κ1) is 11.3. The molecule has 1 aromatic heterocycles. The third-order valence-corrected chi connectivity index (χ3v) is 3.37. The number of pyridine rings is 1. The van der Waals surface area contributed by atoms with Gasteiger partial charge in [0.2, 0.25) is 0 Å². The van der Waals surface area contributed by atoms with E-state index in [1.54, 1.807) is 22.3 Å². The fraction of sp³-hybridized carbons (Fsp3) is 0.0833. The average Bonchev–Trinajstić information content (AvgIpc) is 2.30. The van der Waals surface area contributed by atoms with E-state index in [2.05, 4.69) is 0 Å². The molecule has 2 nitrogen and oxygen atoms in total. The van der Waals surface area contributed by atoms with Gasteiger partial charge in [-0.05, 0) is 35.7 Å². The van der Waals surface area contributed by atoms with Crippen molar-refractivity contribution in [3.8, 4) is 0 Å². The Labute approximate surface area is 103 Å². The van der Waals surface area contributed by atoms with Crippen LogP contribution < -0.4 is 5.56 Å². The molecule has 0 aliphatic carbocycles. The monoisotopic (exact) mass is 251 g/mol. The highest BCUT2D eigenvalue weighted by atomic mass is 35.5. The van der Waals surface area contributed by atoms with E-state index in [-0.39, 0.29) is 5.56 Å². The molecule has 1 heterocycles. The van der Waals surface area contributed by atoms with Gasteiger partial charge in [-0.3, -0.25) is 8.77 Å². The van der Waals surface area contributed by atoms with E-state index in [0.29, 0.717) is 0 Å². The highest BCUT2D eigenvalue weighted by Gasteiger charge is 1.97. The van der Waals surface area contributed by atoms with Gasteiger partial charge in [0.25, 0.3) is 5.56 Å². The average molecular weight is 252 g/mol. The van der Waals surface area contributed by atoms with Crippen molar-refractivity contribution in [2.24, 2.45) is 0 Å². The standard InChI is InChI=1S/C12H10ClNOS/c13-11-6-4-10(5-7-11)9-16-14-8-2-1-3-12(14)15/h1-8H,9H2. The van der Waals surface area contributed by atoms with Gasteiger partial charge in [-0.15, -0.1) is 0 Å². The summed E-state index contributed by atoms with van der Waals surface area (Å²) in [4.78, 5) is 11.4. The summed E-state index contributed by atoms with van der Waals surface area (Å²) in [5, 5.41) is 0.727. The lowest BCUT2D eigenvalue weighted by Crippen LogP contribution is -2.11. The van der Waals surface area contributed by atoms with Crippen molar-refractivity contribution in [1.29, 1.82) is 0 Å². The van der Waals surface area contributed by atoms with E-state index in [9.17, 15) is 4.79 Å². The molecule has 2 rings (SSSR count). The van der Waals surface area contributed by atoms with Gasteiger partial charge in [-0.2, -0.15) is 0 Å². The topological polar surface area (TPSA) is 22.0 Å². The molecule has 1 aromatic carbocycles. The van der Waals surface area contributed by atoms with E-state index in [1.165, 1.54) is 11.9 Å². The minimum absolute atomic E-state index is 0.00136. The van der Waals surface area contributed by atoms with Crippen molar-refractivity contribution in [1.82, 2.24) is 3.97 Å². The minimum atomic E-state index is 0.00136. The SMILES string of the molecule is O=c1ccccn1SCc1ccc(Cl)cc1. The van der Waals surface area contributed by atoms with E-state index >= 15 is 0 Å². The Kier molecular flexibility index (Phi) is 3.70. The molecule has 0 aliphatic heterocycles. The van der Waals surface area contributed by atoms with Crippen LogP contribution in [0.15, 0.2) is 53.5 Å². The highest BCUT2D eigenvalue weighted by molar-refractivity contribution is 7.97. The third-order valence-electron chi connectivity index (χ3n) is 2.07. The van der Waals surface area contributed by atoms with Crippen LogP contribution >= 0.6 is 23.5 Å². The zero-order chi connectivity index (χ0) is 11.4. The zero-order valence-electron chi connectivity index (χ0n) is 8.47. The Balaban J connectivity index is 2.05. The lowest BCUT2D eigenvalue weighted by atomic mass is 10.2. The van der Waals surface area contributed by atoms with Gasteiger partial charge in [0.1, 0.15) is 0 Å². The van der Waals surface area contributed by atoms with Crippen LogP contribution in [0.5, 0.6) is 0 Å². The lowest BCUT2D eigenvalue weighted by Gasteiger charge is -2.03. The summed E-state index contributed by atoms with van der Waals surface area (Å²) in [5.74, 6) is 0.751. The first-order valence-corrected chi connectivity index (χ1v) is 6.13. The molecule has 0 saturated carbocycles. The van der Waals surface area contributed by atoms with Crippen LogP contribution in [0.2, 0.25) is 5.02 Å². The maximum atomic E-state index is 11.4. The van der Waals surface area contributed by atoms with Crippen molar-refractivity contribution in [3.63, 3.8) is 0 Å². The Morgan fingerprint density at radius 1 is 1.12 bits per heavy atom. The summed E-state index contributed by atoms with van der Waals surface area (Å²) < 4.78 is 1.62. The molecule has 2 aromatic rings. The van der Waals surface area contributed by atoms with Crippen LogP contribution in [0.1, 0.15) is 5.56 Å². The molecule has 0 radical (unpaired) electrons. The second-order valence-corrected chi connectivity index (χ2v) is 4.64. The number of hydrogen-bond donors (Lipinski definition) is 0. The first-order chi connectivity index (χ1) is 7.75. The molecule has 0 spiro atoms. The summed E-state index contributed by atoms with van der Waals surface area (Å²) in [6.07, 6.45) is 1.77. The van der Waals surface area contributed by atoms with Crippen LogP contribution in [0.25, 0.3) is 0 Å². The number of rotatable bonds is 3. The van der Waals surface area contributed by atoms with Gasteiger partial charge in [-0.1, -0.05) is 29.8 Å². The van der Waals surface area contributed by atoms with E-state index in [1.807, 2.05) is 30.3 Å². The molecular weight excluding hydrogens is 242 g/mol. The summed E-state index contributed by atoms with van der Waals surface area (Å²) >= 11 is 7.26. The summed E-state index contributed by atoms with van der Waals surface area (Å²) in [6.45, 7) is 0. The summed E-state index contributed by atoms with van der Waals surface area (Å²) in [7, 11) is 0. The molecule has 16 heavy (non-hydrogen) atoms. The maximum Gasteiger partial charge on any atom is 0.260 e. The van der Waals surface area contributed by atoms with Gasteiger partial charge in [0.15, 0.2) is 0 Å². The van der Waals surface area contributed by atoms with Gasteiger partial charge >= 0.3 is 0 Å². The molecule has 0 unspecified atom stereocenters. The first-order valence-electron chi connectivity index (χ1n) is 4.81. The molecule has 0 amide bonds. The van der Waals surface area contributed by atoms with Crippen molar-refractivity contribution >= 4 is 23.5 Å². The van der Waals surface area contributed by atoms with E-state index in [4.69, 9.17) is 11.6 Å². The lowest BCUT2D eigenvalue weighted by molar-refractivity contribution is 1.14. The molecule has 82 valence electrons. The maximum absolute atomic E-state index is 11.4. The third kappa shape index (κ3) is 2.90. The molecule has 4 heteroatoms. The quantitative estimate of drug-likeness (QED) is 0.836. The molecule has 0 saturated heterocycles. The minimum Gasteiger partial charge on any atom is -0.268 e. The number of benzene rings is 1. The van der Waals surface area contributed by atoms with Crippen LogP contribution in [0, 0.1) is 0 Å². The van der Waals surface area contributed by atoms with Crippen molar-refractivity contribution in [3.05, 3.63) is 69.6 Å². The molecule has 0 atom stereocenters. The largest absolute Gasteiger partial charge is 0.268 e. The smallest absolute Gasteiger partial charge is 0.260 e. The molecule has 0 fully saturated rings. The van der Waals surface area contributed by atoms with E-state index < -0.39 is 0 Å². The summed E-state index contributed by atoms with van der Waals surface area (Å²) in [5.41, 5.74) is 1.15. The van der Waals surface area contributed by atoms with Crippen molar-refractivity contribution in [2.45, 2.75) is 5.75 Å². The number of hydrogen-bond acceptors (Lipinski definition) is 2. The predicted molar refractivity (Wildman–Crippen MR) is 68.8 cm³/mol. The number of aromatic nitrogens is 1. The van der Waals surface area contributed by atoms with Crippen LogP contribution in [-0.2, 0) is 5.75 Å². The van der Waals surface area contributed by atoms with Crippen LogP contribution in [0.4, 0.5) is 0 Å². The van der Waals surface area contributed by atoms with Gasteiger partial charge in [0.05, 0.1) is 0 Å². The van der Waals surface area contributed by atoms with Gasteiger partial charge < -0.3 is 0 Å². The number of halogens is 1. The second-order valence-electron chi connectivity index (χ2n) is 3.26. The zero-order valence-corrected chi connectivity index (χ0v) is 10.0. The normalized spacial score (nSPS) is 10.3. The summed E-state index contributed by atoms with van der Waals surface area (Å²) in [6, 6.07) is 12.8. The fourth-order valence-electron chi connectivity index (χ4n) is 1.24. The van der Waals surface area contributed by atoms with Gasteiger partial charge in [0, 0.05) is 23.0 Å². The molecular formula is C12H10ClNOS. The second kappa shape index (κ2) is 5.23. The fourth-order valence-corrected chi connectivity index (χ4v) is 2.20. The molecule has 0 N–H and O–H groups in total. The number of nitrogens with zero attached hydrogens (tertiary/aromatic N) is 1. The Hall–Kier alpha value is -1.19. The Morgan fingerprint density at radius 3 is 2.56 bits per heavy atom. The Morgan fingerprint density at radius 2 is 1.88 bits per heavy atom. The predicted octanol–water partition coefficient (Wildman–Crippen LogP) is 3.20. The van der Waals surface area contributed by atoms with Gasteiger partial charge in [-0.25, -0.2) is 0 Å². The van der Waals surface area contributed by atoms with Crippen LogP contribution in [-0.4, -0.2) is 3.97 Å². The molecule has 0 bridgehead atoms. The highest BCUT2D eigenvalue weighted by Crippen LogP contribution is 2.15. The van der Waals surface area contributed by atoms with Crippen molar-refractivity contribution < 1.29 is 0 Å².